The van der Waals surface area contributed by atoms with E-state index in [0.29, 0.717) is 11.3 Å². The minimum Gasteiger partial charge on any atom is -0.331 e. The summed E-state index contributed by atoms with van der Waals surface area (Å²) in [5.74, 6) is -0.363. The third-order valence-electron chi connectivity index (χ3n) is 3.59. The van der Waals surface area contributed by atoms with Crippen molar-refractivity contribution in [2.45, 2.75) is 24.8 Å². The zero-order valence-electron chi connectivity index (χ0n) is 13.6. The summed E-state index contributed by atoms with van der Waals surface area (Å²) in [5.41, 5.74) is 1.91. The van der Waals surface area contributed by atoms with Gasteiger partial charge in [-0.25, -0.2) is 17.6 Å². The van der Waals surface area contributed by atoms with Crippen LogP contribution in [0.25, 0.3) is 0 Å². The third kappa shape index (κ3) is 4.55. The van der Waals surface area contributed by atoms with Crippen molar-refractivity contribution in [3.05, 3.63) is 59.4 Å². The van der Waals surface area contributed by atoms with Crippen LogP contribution in [0.3, 0.4) is 0 Å². The molecule has 24 heavy (non-hydrogen) atoms. The van der Waals surface area contributed by atoms with Gasteiger partial charge in [-0.15, -0.1) is 0 Å². The van der Waals surface area contributed by atoms with Crippen molar-refractivity contribution < 1.29 is 17.6 Å². The fraction of sp³-hybridized carbons (Fsp3) is 0.235. The second kappa shape index (κ2) is 7.00. The lowest BCUT2D eigenvalue weighted by Gasteiger charge is -2.16. The summed E-state index contributed by atoms with van der Waals surface area (Å²) in [4.78, 5) is 12.3. The number of anilines is 1. The topological polar surface area (TPSA) is 75.3 Å². The van der Waals surface area contributed by atoms with E-state index < -0.39 is 15.9 Å². The highest BCUT2D eigenvalue weighted by Gasteiger charge is 2.12. The van der Waals surface area contributed by atoms with Gasteiger partial charge in [-0.3, -0.25) is 0 Å². The molecule has 0 aliphatic rings. The molecule has 0 radical (unpaired) electrons. The molecule has 0 saturated heterocycles. The molecule has 2 aromatic carbocycles. The number of sulfone groups is 1. The number of carbonyl (C=O) groups is 1. The van der Waals surface area contributed by atoms with Gasteiger partial charge in [0.15, 0.2) is 9.84 Å². The molecule has 0 aliphatic heterocycles. The minimum atomic E-state index is -3.25. The van der Waals surface area contributed by atoms with Crippen LogP contribution in [0.4, 0.5) is 14.9 Å². The Labute approximate surface area is 140 Å². The van der Waals surface area contributed by atoms with Gasteiger partial charge in [0.25, 0.3) is 0 Å². The first kappa shape index (κ1) is 17.9. The number of aryl methyl sites for hydroxylation is 1. The third-order valence-corrected chi connectivity index (χ3v) is 4.72. The van der Waals surface area contributed by atoms with Crippen LogP contribution in [0.1, 0.15) is 24.1 Å². The number of benzene rings is 2. The second-order valence-corrected chi connectivity index (χ2v) is 7.64. The first-order valence-corrected chi connectivity index (χ1v) is 9.19. The number of amides is 2. The highest BCUT2D eigenvalue weighted by molar-refractivity contribution is 7.90. The lowest BCUT2D eigenvalue weighted by Crippen LogP contribution is -2.31. The van der Waals surface area contributed by atoms with Gasteiger partial charge >= 0.3 is 6.03 Å². The molecule has 2 amide bonds. The van der Waals surface area contributed by atoms with Crippen molar-refractivity contribution in [2.24, 2.45) is 0 Å². The van der Waals surface area contributed by atoms with Crippen LogP contribution in [0.5, 0.6) is 0 Å². The average Bonchev–Trinajstić information content (AvgIpc) is 2.49. The van der Waals surface area contributed by atoms with Crippen molar-refractivity contribution >= 4 is 21.6 Å². The van der Waals surface area contributed by atoms with Gasteiger partial charge in [-0.2, -0.15) is 0 Å². The van der Waals surface area contributed by atoms with Crippen LogP contribution >= 0.6 is 0 Å². The van der Waals surface area contributed by atoms with Gasteiger partial charge in [-0.1, -0.05) is 12.1 Å². The summed E-state index contributed by atoms with van der Waals surface area (Å²) in [5, 5.41) is 5.41. The Morgan fingerprint density at radius 3 is 2.29 bits per heavy atom. The summed E-state index contributed by atoms with van der Waals surface area (Å²) in [7, 11) is -3.25. The van der Waals surface area contributed by atoms with Gasteiger partial charge < -0.3 is 10.6 Å². The zero-order chi connectivity index (χ0) is 17.9. The molecule has 2 rings (SSSR count). The average molecular weight is 350 g/mol. The number of hydrogen-bond acceptors (Lipinski definition) is 3. The first-order chi connectivity index (χ1) is 11.2. The standard InChI is InChI=1S/C17H19FN2O3S/c1-11-10-14(18)6-9-16(11)20-17(21)19-12(2)13-4-7-15(8-5-13)24(3,22)23/h4-10,12H,1-3H3,(H2,19,20,21). The van der Waals surface area contributed by atoms with Gasteiger partial charge in [0.1, 0.15) is 5.82 Å². The van der Waals surface area contributed by atoms with Crippen LogP contribution in [0.2, 0.25) is 0 Å². The highest BCUT2D eigenvalue weighted by atomic mass is 32.2. The van der Waals surface area contributed by atoms with Crippen LogP contribution < -0.4 is 10.6 Å². The molecule has 2 N–H and O–H groups in total. The van der Waals surface area contributed by atoms with E-state index >= 15 is 0 Å². The van der Waals surface area contributed by atoms with Gasteiger partial charge in [0, 0.05) is 11.9 Å². The number of carbonyl (C=O) groups excluding carboxylic acids is 1. The van der Waals surface area contributed by atoms with Crippen molar-refractivity contribution in [2.75, 3.05) is 11.6 Å². The first-order valence-electron chi connectivity index (χ1n) is 7.30. The van der Waals surface area contributed by atoms with Crippen LogP contribution in [-0.2, 0) is 9.84 Å². The van der Waals surface area contributed by atoms with E-state index in [0.717, 1.165) is 11.8 Å². The molecule has 0 heterocycles. The molecule has 0 bridgehead atoms. The largest absolute Gasteiger partial charge is 0.331 e. The van der Waals surface area contributed by atoms with Crippen molar-refractivity contribution in [3.63, 3.8) is 0 Å². The van der Waals surface area contributed by atoms with Crippen LogP contribution in [-0.4, -0.2) is 20.7 Å². The van der Waals surface area contributed by atoms with Gasteiger partial charge in [0.2, 0.25) is 0 Å². The summed E-state index contributed by atoms with van der Waals surface area (Å²) in [6, 6.07) is 9.68. The lowest BCUT2D eigenvalue weighted by molar-refractivity contribution is 0.249. The smallest absolute Gasteiger partial charge is 0.319 e. The van der Waals surface area contributed by atoms with E-state index in [1.165, 1.54) is 30.3 Å². The molecule has 0 aromatic heterocycles. The maximum absolute atomic E-state index is 13.1. The highest BCUT2D eigenvalue weighted by Crippen LogP contribution is 2.18. The summed E-state index contributed by atoms with van der Waals surface area (Å²) >= 11 is 0. The SMILES string of the molecule is Cc1cc(F)ccc1NC(=O)NC(C)c1ccc(S(C)(=O)=O)cc1. The molecule has 5 nitrogen and oxygen atoms in total. The van der Waals surface area contributed by atoms with E-state index in [1.54, 1.807) is 26.0 Å². The van der Waals surface area contributed by atoms with E-state index in [9.17, 15) is 17.6 Å². The second-order valence-electron chi connectivity index (χ2n) is 5.62. The summed E-state index contributed by atoms with van der Waals surface area (Å²) in [6.07, 6.45) is 1.14. The zero-order valence-corrected chi connectivity index (χ0v) is 14.4. The normalized spacial score (nSPS) is 12.5. The molecular formula is C17H19FN2O3S. The Kier molecular flexibility index (Phi) is 5.23. The van der Waals surface area contributed by atoms with Gasteiger partial charge in [0.05, 0.1) is 10.9 Å². The molecule has 0 aliphatic carbocycles. The molecule has 1 atom stereocenters. The number of hydrogen-bond donors (Lipinski definition) is 2. The molecule has 1 unspecified atom stereocenters. The molecular weight excluding hydrogens is 331 g/mol. The molecule has 7 heteroatoms. The molecule has 128 valence electrons. The number of nitrogens with one attached hydrogen (secondary N) is 2. The minimum absolute atomic E-state index is 0.227. The Bertz CT molecular complexity index is 849. The predicted molar refractivity (Wildman–Crippen MR) is 91.3 cm³/mol. The molecule has 0 saturated carbocycles. The van der Waals surface area contributed by atoms with Crippen molar-refractivity contribution in [1.29, 1.82) is 0 Å². The van der Waals surface area contributed by atoms with E-state index in [1.807, 2.05) is 0 Å². The Balaban J connectivity index is 2.03. The van der Waals surface area contributed by atoms with E-state index in [4.69, 9.17) is 0 Å². The Morgan fingerprint density at radius 2 is 1.75 bits per heavy atom. The quantitative estimate of drug-likeness (QED) is 0.887. The molecule has 0 fully saturated rings. The predicted octanol–water partition coefficient (Wildman–Crippen LogP) is 3.42. The maximum atomic E-state index is 13.1. The van der Waals surface area contributed by atoms with E-state index in [2.05, 4.69) is 10.6 Å². The number of rotatable bonds is 4. The Hall–Kier alpha value is -2.41. The van der Waals surface area contributed by atoms with Crippen LogP contribution in [0.15, 0.2) is 47.4 Å². The Morgan fingerprint density at radius 1 is 1.12 bits per heavy atom. The number of halogens is 1. The summed E-state index contributed by atoms with van der Waals surface area (Å²) in [6.45, 7) is 3.48. The van der Waals surface area contributed by atoms with Crippen molar-refractivity contribution in [1.82, 2.24) is 5.32 Å². The van der Waals surface area contributed by atoms with E-state index in [-0.39, 0.29) is 16.8 Å². The van der Waals surface area contributed by atoms with Crippen LogP contribution in [0, 0.1) is 12.7 Å². The number of urea groups is 1. The maximum Gasteiger partial charge on any atom is 0.319 e. The lowest BCUT2D eigenvalue weighted by atomic mass is 10.1. The fourth-order valence-corrected chi connectivity index (χ4v) is 2.84. The molecule has 0 spiro atoms. The molecule has 2 aromatic rings. The van der Waals surface area contributed by atoms with Gasteiger partial charge in [-0.05, 0) is 55.3 Å². The fourth-order valence-electron chi connectivity index (χ4n) is 2.21. The summed E-state index contributed by atoms with van der Waals surface area (Å²) < 4.78 is 36.0. The monoisotopic (exact) mass is 350 g/mol. The van der Waals surface area contributed by atoms with Crippen molar-refractivity contribution in [3.8, 4) is 0 Å².